The molecular weight excluding hydrogens is 330 g/mol. The average Bonchev–Trinajstić information content (AvgIpc) is 2.65. The van der Waals surface area contributed by atoms with Crippen molar-refractivity contribution in [2.45, 2.75) is 33.2 Å². The smallest absolute Gasteiger partial charge is 0.274 e. The van der Waals surface area contributed by atoms with Crippen molar-refractivity contribution in [3.8, 4) is 11.5 Å². The molecule has 0 saturated carbocycles. The molecule has 1 fully saturated rings. The standard InChI is InChI=1S/C20H33N3O3/c1-4-6-13-26-18-8-7-17(14-19(18)25-5-2)15-22-9-11-23(12-10-22)16-20(24)21-3/h7-8,14H,4-6,9-13,15-16H2,1-3H3,(H,21,24)/p+2. The van der Waals surface area contributed by atoms with E-state index in [0.29, 0.717) is 13.2 Å². The molecule has 0 atom stereocenters. The van der Waals surface area contributed by atoms with E-state index in [9.17, 15) is 4.79 Å². The zero-order valence-electron chi connectivity index (χ0n) is 16.5. The van der Waals surface area contributed by atoms with Crippen molar-refractivity contribution in [2.75, 3.05) is 53.0 Å². The summed E-state index contributed by atoms with van der Waals surface area (Å²) < 4.78 is 11.7. The van der Waals surface area contributed by atoms with Crippen LogP contribution in [0.5, 0.6) is 11.5 Å². The van der Waals surface area contributed by atoms with E-state index in [4.69, 9.17) is 9.47 Å². The number of amides is 1. The maximum atomic E-state index is 11.5. The lowest BCUT2D eigenvalue weighted by Gasteiger charge is -2.29. The van der Waals surface area contributed by atoms with Gasteiger partial charge in [-0.05, 0) is 31.5 Å². The number of piperazine rings is 1. The summed E-state index contributed by atoms with van der Waals surface area (Å²) in [5.74, 6) is 1.83. The summed E-state index contributed by atoms with van der Waals surface area (Å²) in [7, 11) is 1.70. The maximum Gasteiger partial charge on any atom is 0.274 e. The lowest BCUT2D eigenvalue weighted by molar-refractivity contribution is -1.02. The SMILES string of the molecule is CCCCOc1ccc(C[NH+]2CC[NH+](CC(=O)NC)CC2)cc1OCC. The van der Waals surface area contributed by atoms with Crippen LogP contribution >= 0.6 is 0 Å². The van der Waals surface area contributed by atoms with Crippen molar-refractivity contribution in [3.05, 3.63) is 23.8 Å². The minimum Gasteiger partial charge on any atom is -0.490 e. The lowest BCUT2D eigenvalue weighted by Crippen LogP contribution is -3.28. The van der Waals surface area contributed by atoms with Crippen LogP contribution in [0.15, 0.2) is 18.2 Å². The quantitative estimate of drug-likeness (QED) is 0.481. The van der Waals surface area contributed by atoms with Crippen LogP contribution in [0.2, 0.25) is 0 Å². The second kappa shape index (κ2) is 11.0. The molecule has 0 spiro atoms. The Morgan fingerprint density at radius 3 is 2.46 bits per heavy atom. The molecule has 6 nitrogen and oxygen atoms in total. The van der Waals surface area contributed by atoms with Gasteiger partial charge in [-0.2, -0.15) is 0 Å². The summed E-state index contributed by atoms with van der Waals surface area (Å²) in [5, 5.41) is 2.71. The van der Waals surface area contributed by atoms with E-state index in [-0.39, 0.29) is 5.91 Å². The summed E-state index contributed by atoms with van der Waals surface area (Å²) in [6, 6.07) is 6.32. The number of nitrogens with one attached hydrogen (secondary N) is 3. The second-order valence-corrected chi connectivity index (χ2v) is 6.94. The molecule has 3 N–H and O–H groups in total. The molecule has 1 saturated heterocycles. The van der Waals surface area contributed by atoms with Crippen molar-refractivity contribution in [1.29, 1.82) is 0 Å². The van der Waals surface area contributed by atoms with Crippen LogP contribution in [0.1, 0.15) is 32.3 Å². The van der Waals surface area contributed by atoms with Gasteiger partial charge in [0.25, 0.3) is 5.91 Å². The fraction of sp³-hybridized carbons (Fsp3) is 0.650. The number of likely N-dealkylation sites (N-methyl/N-ethyl adjacent to an activating group) is 1. The van der Waals surface area contributed by atoms with Crippen LogP contribution in [0.4, 0.5) is 0 Å². The van der Waals surface area contributed by atoms with E-state index < -0.39 is 0 Å². The first-order chi connectivity index (χ1) is 12.7. The fourth-order valence-corrected chi connectivity index (χ4v) is 3.29. The van der Waals surface area contributed by atoms with Gasteiger partial charge in [-0.15, -0.1) is 0 Å². The topological polar surface area (TPSA) is 56.4 Å². The van der Waals surface area contributed by atoms with E-state index in [0.717, 1.165) is 63.7 Å². The van der Waals surface area contributed by atoms with E-state index in [1.54, 1.807) is 11.9 Å². The number of ether oxygens (including phenoxy) is 2. The Bertz CT molecular complexity index is 557. The molecule has 146 valence electrons. The number of rotatable bonds is 10. The van der Waals surface area contributed by atoms with Gasteiger partial charge < -0.3 is 24.6 Å². The third-order valence-electron chi connectivity index (χ3n) is 4.87. The first-order valence-electron chi connectivity index (χ1n) is 9.92. The number of hydrogen-bond donors (Lipinski definition) is 3. The van der Waals surface area contributed by atoms with Gasteiger partial charge in [-0.3, -0.25) is 4.79 Å². The van der Waals surface area contributed by atoms with E-state index in [1.807, 2.05) is 13.0 Å². The van der Waals surface area contributed by atoms with E-state index in [1.165, 1.54) is 10.5 Å². The number of hydrogen-bond acceptors (Lipinski definition) is 3. The molecule has 6 heteroatoms. The molecule has 1 heterocycles. The van der Waals surface area contributed by atoms with Crippen molar-refractivity contribution in [2.24, 2.45) is 0 Å². The third-order valence-corrected chi connectivity index (χ3v) is 4.87. The van der Waals surface area contributed by atoms with Gasteiger partial charge in [0, 0.05) is 12.6 Å². The number of carbonyl (C=O) groups excluding carboxylic acids is 1. The van der Waals surface area contributed by atoms with Crippen LogP contribution in [0.25, 0.3) is 0 Å². The Balaban J connectivity index is 1.89. The third kappa shape index (κ3) is 6.50. The number of benzene rings is 1. The Labute approximate surface area is 157 Å². The molecule has 0 bridgehead atoms. The average molecular weight is 366 g/mol. The highest BCUT2D eigenvalue weighted by Crippen LogP contribution is 2.28. The Morgan fingerprint density at radius 2 is 1.81 bits per heavy atom. The Hall–Kier alpha value is -1.79. The van der Waals surface area contributed by atoms with Gasteiger partial charge in [-0.25, -0.2) is 0 Å². The predicted octanol–water partition coefficient (Wildman–Crippen LogP) is -0.706. The highest BCUT2D eigenvalue weighted by molar-refractivity contribution is 5.76. The summed E-state index contributed by atoms with van der Waals surface area (Å²) in [6.45, 7) is 11.4. The molecule has 26 heavy (non-hydrogen) atoms. The van der Waals surface area contributed by atoms with Crippen LogP contribution in [-0.2, 0) is 11.3 Å². The fourth-order valence-electron chi connectivity index (χ4n) is 3.29. The normalized spacial score (nSPS) is 19.8. The molecular formula is C20H35N3O3+2. The molecule has 1 aliphatic heterocycles. The first-order valence-corrected chi connectivity index (χ1v) is 9.92. The van der Waals surface area contributed by atoms with Gasteiger partial charge in [0.1, 0.15) is 32.7 Å². The summed E-state index contributed by atoms with van der Waals surface area (Å²) >= 11 is 0. The van der Waals surface area contributed by atoms with Gasteiger partial charge in [0.05, 0.1) is 13.2 Å². The van der Waals surface area contributed by atoms with Crippen LogP contribution in [0.3, 0.4) is 0 Å². The maximum absolute atomic E-state index is 11.5. The van der Waals surface area contributed by atoms with Gasteiger partial charge in [0.15, 0.2) is 18.0 Å². The van der Waals surface area contributed by atoms with E-state index in [2.05, 4.69) is 24.4 Å². The van der Waals surface area contributed by atoms with Crippen molar-refractivity contribution >= 4 is 5.91 Å². The second-order valence-electron chi connectivity index (χ2n) is 6.94. The molecule has 2 rings (SSSR count). The van der Waals surface area contributed by atoms with Crippen molar-refractivity contribution < 1.29 is 24.1 Å². The highest BCUT2D eigenvalue weighted by Gasteiger charge is 2.24. The molecule has 1 aliphatic rings. The zero-order valence-corrected chi connectivity index (χ0v) is 16.5. The van der Waals surface area contributed by atoms with Crippen molar-refractivity contribution in [3.63, 3.8) is 0 Å². The monoisotopic (exact) mass is 365 g/mol. The summed E-state index contributed by atoms with van der Waals surface area (Å²) in [6.07, 6.45) is 2.18. The van der Waals surface area contributed by atoms with Gasteiger partial charge in [0.2, 0.25) is 0 Å². The summed E-state index contributed by atoms with van der Waals surface area (Å²) in [4.78, 5) is 14.5. The van der Waals surface area contributed by atoms with E-state index >= 15 is 0 Å². The van der Waals surface area contributed by atoms with Crippen molar-refractivity contribution in [1.82, 2.24) is 5.32 Å². The van der Waals surface area contributed by atoms with Gasteiger partial charge in [-0.1, -0.05) is 13.3 Å². The molecule has 1 aromatic carbocycles. The molecule has 0 radical (unpaired) electrons. The molecule has 1 aromatic rings. The predicted molar refractivity (Wildman–Crippen MR) is 102 cm³/mol. The lowest BCUT2D eigenvalue weighted by atomic mass is 10.1. The molecule has 1 amide bonds. The van der Waals surface area contributed by atoms with Gasteiger partial charge >= 0.3 is 0 Å². The highest BCUT2D eigenvalue weighted by atomic mass is 16.5. The molecule has 0 aliphatic carbocycles. The molecule has 0 unspecified atom stereocenters. The Morgan fingerprint density at radius 1 is 1.08 bits per heavy atom. The minimum atomic E-state index is 0.128. The van der Waals surface area contributed by atoms with Crippen LogP contribution in [0, 0.1) is 0 Å². The van der Waals surface area contributed by atoms with Crippen LogP contribution in [-0.4, -0.2) is 58.9 Å². The summed E-state index contributed by atoms with van der Waals surface area (Å²) in [5.41, 5.74) is 1.28. The van der Waals surface area contributed by atoms with Crippen LogP contribution < -0.4 is 24.6 Å². The number of quaternary nitrogens is 2. The molecule has 0 aromatic heterocycles. The zero-order chi connectivity index (χ0) is 18.8. The number of carbonyl (C=O) groups is 1. The minimum absolute atomic E-state index is 0.128. The largest absolute Gasteiger partial charge is 0.490 e. The number of unbranched alkanes of at least 4 members (excludes halogenated alkanes) is 1. The first kappa shape index (κ1) is 20.5. The Kier molecular flexibility index (Phi) is 8.71.